The Balaban J connectivity index is 1.53. The Morgan fingerprint density at radius 2 is 1.88 bits per heavy atom. The molecule has 2 aromatic carbocycles. The van der Waals surface area contributed by atoms with Crippen molar-refractivity contribution >= 4 is 34.5 Å². The maximum absolute atomic E-state index is 13.5. The van der Waals surface area contributed by atoms with E-state index in [0.29, 0.717) is 29.2 Å². The van der Waals surface area contributed by atoms with E-state index in [1.165, 1.54) is 4.68 Å². The van der Waals surface area contributed by atoms with Crippen molar-refractivity contribution in [1.82, 2.24) is 14.7 Å². The summed E-state index contributed by atoms with van der Waals surface area (Å²) in [7, 11) is 0. The Bertz CT molecular complexity index is 1540. The molecular weight excluding hydrogens is 522 g/mol. The lowest BCUT2D eigenvalue weighted by molar-refractivity contribution is -0.114. The molecule has 1 aromatic heterocycles. The second-order valence-electron chi connectivity index (χ2n) is 11.8. The van der Waals surface area contributed by atoms with Gasteiger partial charge in [-0.1, -0.05) is 12.6 Å². The van der Waals surface area contributed by atoms with Crippen LogP contribution >= 0.6 is 0 Å². The number of anilines is 1. The normalized spacial score (nSPS) is 15.7. The largest absolute Gasteiger partial charge is 0.442 e. The first-order valence-corrected chi connectivity index (χ1v) is 13.9. The quantitative estimate of drug-likeness (QED) is 0.404. The molecule has 0 bridgehead atoms. The van der Waals surface area contributed by atoms with Gasteiger partial charge >= 0.3 is 6.09 Å². The number of rotatable bonds is 7. The zero-order chi connectivity index (χ0) is 29.5. The van der Waals surface area contributed by atoms with Crippen LogP contribution in [0.4, 0.5) is 10.5 Å². The molecule has 0 unspecified atom stereocenters. The predicted molar refractivity (Wildman–Crippen MR) is 157 cm³/mol. The van der Waals surface area contributed by atoms with E-state index in [1.807, 2.05) is 52.0 Å². The molecule has 10 heteroatoms. The molecular formula is C31H37N5O5. The number of nitrogens with two attached hydrogens (primary N) is 1. The highest BCUT2D eigenvalue weighted by molar-refractivity contribution is 6.03. The number of nitrogens with one attached hydrogen (secondary N) is 1. The van der Waals surface area contributed by atoms with Crippen molar-refractivity contribution in [2.75, 3.05) is 31.6 Å². The number of ether oxygens (including phenoxy) is 2. The summed E-state index contributed by atoms with van der Waals surface area (Å²) in [6.45, 7) is 13.7. The summed E-state index contributed by atoms with van der Waals surface area (Å²) in [4.78, 5) is 39.6. The minimum absolute atomic E-state index is 0.0634. The van der Waals surface area contributed by atoms with Crippen molar-refractivity contribution in [3.63, 3.8) is 0 Å². The molecule has 2 amide bonds. The smallest absolute Gasteiger partial charge is 0.435 e. The minimum atomic E-state index is -0.653. The monoisotopic (exact) mass is 559 g/mol. The van der Waals surface area contributed by atoms with Gasteiger partial charge in [-0.3, -0.25) is 9.59 Å². The molecule has 0 atom stereocenters. The van der Waals surface area contributed by atoms with Crippen LogP contribution in [0.2, 0.25) is 0 Å². The summed E-state index contributed by atoms with van der Waals surface area (Å²) in [6.07, 6.45) is 1.44. The van der Waals surface area contributed by atoms with Gasteiger partial charge in [0, 0.05) is 48.5 Å². The SMILES string of the molecule is C=C(CN1Cc2c(cc(NCC3CCOCC3)cc2-c2ccc3c(c2)c(C)nn3C(=O)OC(C)(C)C)C1=O)C(N)=O. The minimum Gasteiger partial charge on any atom is -0.442 e. The third kappa shape index (κ3) is 5.97. The van der Waals surface area contributed by atoms with Crippen LogP contribution in [0, 0.1) is 12.8 Å². The van der Waals surface area contributed by atoms with Gasteiger partial charge in [-0.05, 0) is 87.4 Å². The molecule has 0 saturated carbocycles. The van der Waals surface area contributed by atoms with Gasteiger partial charge in [0.1, 0.15) is 5.60 Å². The number of fused-ring (bicyclic) bond motifs is 2. The van der Waals surface area contributed by atoms with Crippen LogP contribution in [0.1, 0.15) is 55.2 Å². The average molecular weight is 560 g/mol. The van der Waals surface area contributed by atoms with Crippen LogP contribution in [0.25, 0.3) is 22.0 Å². The second kappa shape index (κ2) is 11.0. The zero-order valence-corrected chi connectivity index (χ0v) is 24.1. The van der Waals surface area contributed by atoms with Gasteiger partial charge in [0.2, 0.25) is 5.91 Å². The average Bonchev–Trinajstić information content (AvgIpc) is 3.42. The van der Waals surface area contributed by atoms with Crippen molar-refractivity contribution < 1.29 is 23.9 Å². The third-order valence-electron chi connectivity index (χ3n) is 7.52. The summed E-state index contributed by atoms with van der Waals surface area (Å²) in [5.74, 6) is -0.312. The molecule has 1 saturated heterocycles. The van der Waals surface area contributed by atoms with Gasteiger partial charge in [0.15, 0.2) is 0 Å². The Labute approximate surface area is 239 Å². The van der Waals surface area contributed by atoms with E-state index in [4.69, 9.17) is 15.2 Å². The van der Waals surface area contributed by atoms with E-state index in [9.17, 15) is 14.4 Å². The summed E-state index contributed by atoms with van der Waals surface area (Å²) < 4.78 is 12.3. The lowest BCUT2D eigenvalue weighted by Crippen LogP contribution is -2.30. The van der Waals surface area contributed by atoms with Gasteiger partial charge in [-0.25, -0.2) is 4.79 Å². The summed E-state index contributed by atoms with van der Waals surface area (Å²) in [5.41, 5.74) is 10.3. The van der Waals surface area contributed by atoms with Gasteiger partial charge in [-0.2, -0.15) is 9.78 Å². The van der Waals surface area contributed by atoms with Crippen molar-refractivity contribution in [3.05, 3.63) is 59.3 Å². The number of nitrogens with zero attached hydrogens (tertiary/aromatic N) is 3. The van der Waals surface area contributed by atoms with Crippen LogP contribution in [0.3, 0.4) is 0 Å². The number of benzene rings is 2. The maximum Gasteiger partial charge on any atom is 0.435 e. The fourth-order valence-corrected chi connectivity index (χ4v) is 5.35. The van der Waals surface area contributed by atoms with E-state index >= 15 is 0 Å². The molecule has 10 nitrogen and oxygen atoms in total. The number of carbonyl (C=O) groups is 3. The van der Waals surface area contributed by atoms with Crippen LogP contribution < -0.4 is 11.1 Å². The first kappa shape index (κ1) is 28.4. The number of aromatic nitrogens is 2. The van der Waals surface area contributed by atoms with Gasteiger partial charge in [0.25, 0.3) is 5.91 Å². The first-order valence-electron chi connectivity index (χ1n) is 13.9. The molecule has 41 heavy (non-hydrogen) atoms. The number of primary amides is 1. The maximum atomic E-state index is 13.5. The standard InChI is InChI=1S/C31H37N5O5/c1-18(28(32)37)16-35-17-26-24(13-22(14-25(26)29(35)38)33-15-20-8-10-40-11-9-20)21-6-7-27-23(12-21)19(2)34-36(27)30(39)41-31(3,4)5/h6-7,12-14,20,33H,1,8-11,15-17H2,2-5H3,(H2,32,37). The molecule has 1 fully saturated rings. The Hall–Kier alpha value is -4.18. The molecule has 216 valence electrons. The summed E-state index contributed by atoms with van der Waals surface area (Å²) >= 11 is 0. The lowest BCUT2D eigenvalue weighted by atomic mass is 9.94. The second-order valence-corrected chi connectivity index (χ2v) is 11.8. The fourth-order valence-electron chi connectivity index (χ4n) is 5.35. The Morgan fingerprint density at radius 1 is 1.17 bits per heavy atom. The topological polar surface area (TPSA) is 129 Å². The molecule has 2 aliphatic rings. The lowest BCUT2D eigenvalue weighted by Gasteiger charge is -2.23. The number of amides is 2. The van der Waals surface area contributed by atoms with E-state index in [-0.39, 0.29) is 18.0 Å². The molecule has 2 aliphatic heterocycles. The first-order chi connectivity index (χ1) is 19.4. The Kier molecular flexibility index (Phi) is 7.61. The fraction of sp³-hybridized carbons (Fsp3) is 0.419. The van der Waals surface area contributed by atoms with Crippen molar-refractivity contribution in [2.45, 2.75) is 52.7 Å². The molecule has 0 spiro atoms. The van der Waals surface area contributed by atoms with E-state index < -0.39 is 17.6 Å². The summed E-state index contributed by atoms with van der Waals surface area (Å²) in [5, 5.41) is 8.81. The highest BCUT2D eigenvalue weighted by Crippen LogP contribution is 2.38. The number of hydrogen-bond acceptors (Lipinski definition) is 7. The zero-order valence-electron chi connectivity index (χ0n) is 24.1. The van der Waals surface area contributed by atoms with Crippen molar-refractivity contribution in [3.8, 4) is 11.1 Å². The highest BCUT2D eigenvalue weighted by Gasteiger charge is 2.32. The number of aryl methyl sites for hydroxylation is 1. The molecule has 0 radical (unpaired) electrons. The molecule has 3 N–H and O–H groups in total. The Morgan fingerprint density at radius 3 is 2.56 bits per heavy atom. The predicted octanol–water partition coefficient (Wildman–Crippen LogP) is 4.63. The highest BCUT2D eigenvalue weighted by atomic mass is 16.6. The molecule has 3 heterocycles. The molecule has 0 aliphatic carbocycles. The number of carbonyl (C=O) groups excluding carboxylic acids is 3. The third-order valence-corrected chi connectivity index (χ3v) is 7.52. The van der Waals surface area contributed by atoms with Crippen LogP contribution in [0.15, 0.2) is 42.5 Å². The van der Waals surface area contributed by atoms with Gasteiger partial charge in [-0.15, -0.1) is 0 Å². The van der Waals surface area contributed by atoms with Gasteiger partial charge in [0.05, 0.1) is 17.8 Å². The van der Waals surface area contributed by atoms with Crippen molar-refractivity contribution in [2.24, 2.45) is 11.7 Å². The van der Waals surface area contributed by atoms with Crippen molar-refractivity contribution in [1.29, 1.82) is 0 Å². The number of hydrogen-bond donors (Lipinski definition) is 2. The molecule has 5 rings (SSSR count). The van der Waals surface area contributed by atoms with E-state index in [1.54, 1.807) is 4.90 Å². The van der Waals surface area contributed by atoms with Gasteiger partial charge < -0.3 is 25.4 Å². The van der Waals surface area contributed by atoms with Crippen LogP contribution in [0.5, 0.6) is 0 Å². The van der Waals surface area contributed by atoms with E-state index in [2.05, 4.69) is 23.1 Å². The van der Waals surface area contributed by atoms with E-state index in [0.717, 1.165) is 60.4 Å². The van der Waals surface area contributed by atoms with Crippen LogP contribution in [-0.2, 0) is 20.8 Å². The summed E-state index contributed by atoms with van der Waals surface area (Å²) in [6, 6.07) is 9.72. The molecule has 3 aromatic rings. The van der Waals surface area contributed by atoms with Crippen LogP contribution in [-0.4, -0.2) is 64.5 Å².